The van der Waals surface area contributed by atoms with Crippen molar-refractivity contribution in [3.8, 4) is 11.5 Å². The molecule has 2 aromatic carbocycles. The van der Waals surface area contributed by atoms with Crippen LogP contribution in [0.2, 0.25) is 5.02 Å². The van der Waals surface area contributed by atoms with Gasteiger partial charge in [0.15, 0.2) is 0 Å². The maximum Gasteiger partial charge on any atom is 0.335 e. The minimum absolute atomic E-state index is 0.199. The highest BCUT2D eigenvalue weighted by molar-refractivity contribution is 6.30. The maximum atomic E-state index is 10.9. The van der Waals surface area contributed by atoms with Crippen LogP contribution in [0.15, 0.2) is 42.5 Å². The predicted molar refractivity (Wildman–Crippen MR) is 69.7 cm³/mol. The number of hydrogen-bond donors (Lipinski definition) is 1. The standard InChI is InChI=1S/C14H11ClO3/c1-9-2-3-10(14(16)17)8-13(9)18-12-6-4-11(15)5-7-12/h2-8H,1H3,(H,16,17). The number of benzene rings is 2. The van der Waals surface area contributed by atoms with Gasteiger partial charge in [-0.25, -0.2) is 4.79 Å². The van der Waals surface area contributed by atoms with Gasteiger partial charge in [0.2, 0.25) is 0 Å². The average Bonchev–Trinajstić information content (AvgIpc) is 2.34. The summed E-state index contributed by atoms with van der Waals surface area (Å²) in [5.74, 6) is 0.165. The van der Waals surface area contributed by atoms with Crippen molar-refractivity contribution in [3.63, 3.8) is 0 Å². The number of hydrogen-bond acceptors (Lipinski definition) is 2. The maximum absolute atomic E-state index is 10.9. The largest absolute Gasteiger partial charge is 0.478 e. The summed E-state index contributed by atoms with van der Waals surface area (Å²) in [4.78, 5) is 10.9. The molecule has 0 unspecified atom stereocenters. The van der Waals surface area contributed by atoms with Crippen LogP contribution in [-0.4, -0.2) is 11.1 Å². The van der Waals surface area contributed by atoms with Crippen molar-refractivity contribution in [2.24, 2.45) is 0 Å². The zero-order valence-corrected chi connectivity index (χ0v) is 10.4. The Balaban J connectivity index is 2.30. The molecular formula is C14H11ClO3. The molecule has 2 rings (SSSR count). The Hall–Kier alpha value is -2.00. The number of carboxylic acid groups (broad SMARTS) is 1. The number of ether oxygens (including phenoxy) is 1. The first-order valence-electron chi connectivity index (χ1n) is 5.33. The molecule has 0 saturated carbocycles. The lowest BCUT2D eigenvalue weighted by Gasteiger charge is -2.09. The molecule has 0 aliphatic carbocycles. The van der Waals surface area contributed by atoms with Gasteiger partial charge in [0.25, 0.3) is 0 Å². The number of carboxylic acids is 1. The van der Waals surface area contributed by atoms with E-state index in [0.717, 1.165) is 5.56 Å². The van der Waals surface area contributed by atoms with Gasteiger partial charge in [-0.15, -0.1) is 0 Å². The van der Waals surface area contributed by atoms with Crippen LogP contribution in [0.1, 0.15) is 15.9 Å². The van der Waals surface area contributed by atoms with E-state index in [1.165, 1.54) is 6.07 Å². The summed E-state index contributed by atoms with van der Waals surface area (Å²) >= 11 is 5.78. The van der Waals surface area contributed by atoms with Crippen molar-refractivity contribution >= 4 is 17.6 Å². The van der Waals surface area contributed by atoms with Crippen LogP contribution in [-0.2, 0) is 0 Å². The minimum atomic E-state index is -0.976. The minimum Gasteiger partial charge on any atom is -0.478 e. The monoisotopic (exact) mass is 262 g/mol. The summed E-state index contributed by atoms with van der Waals surface area (Å²) in [5.41, 5.74) is 1.07. The van der Waals surface area contributed by atoms with Crippen molar-refractivity contribution in [1.29, 1.82) is 0 Å². The van der Waals surface area contributed by atoms with Crippen molar-refractivity contribution < 1.29 is 14.6 Å². The van der Waals surface area contributed by atoms with E-state index in [1.807, 2.05) is 6.92 Å². The predicted octanol–water partition coefficient (Wildman–Crippen LogP) is 4.14. The third-order valence-corrected chi connectivity index (χ3v) is 2.73. The molecule has 0 atom stereocenters. The average molecular weight is 263 g/mol. The molecule has 0 saturated heterocycles. The van der Waals surface area contributed by atoms with Crippen LogP contribution < -0.4 is 4.74 Å². The third kappa shape index (κ3) is 2.81. The van der Waals surface area contributed by atoms with Gasteiger partial charge in [0, 0.05) is 5.02 Å². The highest BCUT2D eigenvalue weighted by Crippen LogP contribution is 2.27. The van der Waals surface area contributed by atoms with Crippen LogP contribution in [0.3, 0.4) is 0 Å². The lowest BCUT2D eigenvalue weighted by atomic mass is 10.1. The third-order valence-electron chi connectivity index (χ3n) is 2.48. The number of halogens is 1. The molecule has 0 bridgehead atoms. The molecule has 18 heavy (non-hydrogen) atoms. The first kappa shape index (κ1) is 12.5. The van der Waals surface area contributed by atoms with Crippen LogP contribution in [0.25, 0.3) is 0 Å². The Morgan fingerprint density at radius 1 is 1.17 bits per heavy atom. The van der Waals surface area contributed by atoms with Gasteiger partial charge in [-0.05, 0) is 48.9 Å². The molecule has 0 radical (unpaired) electrons. The van der Waals surface area contributed by atoms with E-state index in [1.54, 1.807) is 36.4 Å². The Labute approximate surface area is 110 Å². The Kier molecular flexibility index (Phi) is 3.53. The fraction of sp³-hybridized carbons (Fsp3) is 0.0714. The molecule has 0 heterocycles. The first-order valence-corrected chi connectivity index (χ1v) is 5.71. The molecular weight excluding hydrogens is 252 g/mol. The summed E-state index contributed by atoms with van der Waals surface area (Å²) in [6, 6.07) is 11.7. The Bertz CT molecular complexity index is 576. The van der Waals surface area contributed by atoms with Gasteiger partial charge in [0.05, 0.1) is 5.56 Å². The van der Waals surface area contributed by atoms with Crippen molar-refractivity contribution in [3.05, 3.63) is 58.6 Å². The fourth-order valence-electron chi connectivity index (χ4n) is 1.47. The van der Waals surface area contributed by atoms with Gasteiger partial charge < -0.3 is 9.84 Å². The molecule has 0 amide bonds. The first-order chi connectivity index (χ1) is 8.56. The molecule has 0 aliphatic heterocycles. The lowest BCUT2D eigenvalue weighted by Crippen LogP contribution is -1.97. The van der Waals surface area contributed by atoms with E-state index in [0.29, 0.717) is 16.5 Å². The summed E-state index contributed by atoms with van der Waals surface area (Å²) in [7, 11) is 0. The number of aryl methyl sites for hydroxylation is 1. The zero-order valence-electron chi connectivity index (χ0n) is 9.68. The Morgan fingerprint density at radius 3 is 2.44 bits per heavy atom. The second-order valence-electron chi connectivity index (χ2n) is 3.84. The van der Waals surface area contributed by atoms with Crippen LogP contribution >= 0.6 is 11.6 Å². The van der Waals surface area contributed by atoms with Crippen LogP contribution in [0.5, 0.6) is 11.5 Å². The van der Waals surface area contributed by atoms with E-state index in [4.69, 9.17) is 21.4 Å². The molecule has 0 aromatic heterocycles. The quantitative estimate of drug-likeness (QED) is 0.904. The molecule has 0 aliphatic rings. The molecule has 0 fully saturated rings. The summed E-state index contributed by atoms with van der Waals surface area (Å²) in [6.07, 6.45) is 0. The van der Waals surface area contributed by atoms with Gasteiger partial charge in [-0.1, -0.05) is 17.7 Å². The number of carbonyl (C=O) groups is 1. The number of rotatable bonds is 3. The van der Waals surface area contributed by atoms with Crippen molar-refractivity contribution in [1.82, 2.24) is 0 Å². The fourth-order valence-corrected chi connectivity index (χ4v) is 1.60. The molecule has 1 N–H and O–H groups in total. The summed E-state index contributed by atoms with van der Waals surface area (Å²) in [5, 5.41) is 9.55. The second kappa shape index (κ2) is 5.10. The van der Waals surface area contributed by atoms with Crippen molar-refractivity contribution in [2.45, 2.75) is 6.92 Å². The van der Waals surface area contributed by atoms with E-state index < -0.39 is 5.97 Å². The molecule has 0 spiro atoms. The SMILES string of the molecule is Cc1ccc(C(=O)O)cc1Oc1ccc(Cl)cc1. The highest BCUT2D eigenvalue weighted by atomic mass is 35.5. The normalized spacial score (nSPS) is 10.1. The molecule has 4 heteroatoms. The topological polar surface area (TPSA) is 46.5 Å². The van der Waals surface area contributed by atoms with Crippen molar-refractivity contribution in [2.75, 3.05) is 0 Å². The van der Waals surface area contributed by atoms with Gasteiger partial charge >= 0.3 is 5.97 Å². The zero-order chi connectivity index (χ0) is 13.1. The van der Waals surface area contributed by atoms with Gasteiger partial charge in [-0.2, -0.15) is 0 Å². The van der Waals surface area contributed by atoms with E-state index in [-0.39, 0.29) is 5.56 Å². The van der Waals surface area contributed by atoms with Gasteiger partial charge in [0.1, 0.15) is 11.5 Å². The van der Waals surface area contributed by atoms with Gasteiger partial charge in [-0.3, -0.25) is 0 Å². The van der Waals surface area contributed by atoms with E-state index >= 15 is 0 Å². The van der Waals surface area contributed by atoms with Crippen LogP contribution in [0, 0.1) is 6.92 Å². The van der Waals surface area contributed by atoms with Crippen LogP contribution in [0.4, 0.5) is 0 Å². The smallest absolute Gasteiger partial charge is 0.335 e. The Morgan fingerprint density at radius 2 is 1.83 bits per heavy atom. The lowest BCUT2D eigenvalue weighted by molar-refractivity contribution is 0.0696. The number of aromatic carboxylic acids is 1. The highest BCUT2D eigenvalue weighted by Gasteiger charge is 2.07. The van der Waals surface area contributed by atoms with E-state index in [2.05, 4.69) is 0 Å². The second-order valence-corrected chi connectivity index (χ2v) is 4.28. The van der Waals surface area contributed by atoms with E-state index in [9.17, 15) is 4.79 Å². The molecule has 2 aromatic rings. The molecule has 92 valence electrons. The summed E-state index contributed by atoms with van der Waals surface area (Å²) < 4.78 is 5.63. The summed E-state index contributed by atoms with van der Waals surface area (Å²) in [6.45, 7) is 1.86. The molecule has 3 nitrogen and oxygen atoms in total.